The van der Waals surface area contributed by atoms with Crippen molar-refractivity contribution in [3.8, 4) is 5.75 Å². The van der Waals surface area contributed by atoms with E-state index in [1.165, 1.54) is 6.07 Å². The van der Waals surface area contributed by atoms with Gasteiger partial charge in [0.15, 0.2) is 5.75 Å². The van der Waals surface area contributed by atoms with Gasteiger partial charge in [0.1, 0.15) is 0 Å². The summed E-state index contributed by atoms with van der Waals surface area (Å²) in [6.07, 6.45) is 0. The second-order valence-corrected chi connectivity index (χ2v) is 6.64. The zero-order chi connectivity index (χ0) is 16.3. The fourth-order valence-corrected chi connectivity index (χ4v) is 2.83. The highest BCUT2D eigenvalue weighted by atomic mass is 32.2. The van der Waals surface area contributed by atoms with Gasteiger partial charge in [0, 0.05) is 31.0 Å². The molecule has 1 aromatic carbocycles. The zero-order valence-corrected chi connectivity index (χ0v) is 12.4. The van der Waals surface area contributed by atoms with Gasteiger partial charge in [-0.3, -0.25) is 14.5 Å². The van der Waals surface area contributed by atoms with Crippen molar-refractivity contribution in [2.75, 3.05) is 26.4 Å². The monoisotopic (exact) mass is 333 g/mol. The van der Waals surface area contributed by atoms with E-state index >= 15 is 0 Å². The highest BCUT2D eigenvalue weighted by Gasteiger charge is 2.28. The van der Waals surface area contributed by atoms with Crippen LogP contribution in [-0.4, -0.2) is 39.7 Å². The quantitative estimate of drug-likeness (QED) is 0.574. The van der Waals surface area contributed by atoms with Gasteiger partial charge in [-0.25, -0.2) is 13.6 Å². The van der Waals surface area contributed by atoms with Crippen LogP contribution in [0.4, 0.5) is 10.1 Å². The molecule has 0 aromatic heterocycles. The summed E-state index contributed by atoms with van der Waals surface area (Å²) < 4.78 is 40.6. The number of ether oxygens (including phenoxy) is 1. The van der Waals surface area contributed by atoms with Crippen LogP contribution in [0.5, 0.6) is 5.75 Å². The Morgan fingerprint density at radius 1 is 1.41 bits per heavy atom. The number of nitrogens with zero attached hydrogens (tertiary/aromatic N) is 1. The van der Waals surface area contributed by atoms with Crippen LogP contribution < -0.4 is 15.2 Å². The number of alkyl halides is 1. The molecule has 0 amide bonds. The van der Waals surface area contributed by atoms with E-state index in [0.717, 1.165) is 12.1 Å². The SMILES string of the molecule is NS(=O)(=O)c1ccc(OC[C@@H]2CNC[C@H]2CF)c([N+](=O)[O-])c1. The molecule has 0 saturated carbocycles. The molecule has 122 valence electrons. The Morgan fingerprint density at radius 3 is 2.68 bits per heavy atom. The molecule has 1 heterocycles. The number of rotatable bonds is 6. The average Bonchev–Trinajstić information content (AvgIpc) is 2.91. The van der Waals surface area contributed by atoms with Crippen LogP contribution in [0.15, 0.2) is 23.1 Å². The van der Waals surface area contributed by atoms with Crippen LogP contribution in [0, 0.1) is 22.0 Å². The summed E-state index contributed by atoms with van der Waals surface area (Å²) in [6, 6.07) is 3.17. The fourth-order valence-electron chi connectivity index (χ4n) is 2.30. The maximum atomic E-state index is 12.8. The largest absolute Gasteiger partial charge is 0.486 e. The normalized spacial score (nSPS) is 21.7. The number of halogens is 1. The maximum Gasteiger partial charge on any atom is 0.312 e. The molecule has 2 rings (SSSR count). The van der Waals surface area contributed by atoms with Gasteiger partial charge in [0.25, 0.3) is 0 Å². The predicted molar refractivity (Wildman–Crippen MR) is 75.8 cm³/mol. The van der Waals surface area contributed by atoms with Gasteiger partial charge >= 0.3 is 5.69 Å². The molecule has 1 aliphatic rings. The molecule has 0 bridgehead atoms. The summed E-state index contributed by atoms with van der Waals surface area (Å²) in [5, 5.41) is 19.0. The van der Waals surface area contributed by atoms with E-state index in [1.54, 1.807) is 0 Å². The van der Waals surface area contributed by atoms with Crippen molar-refractivity contribution < 1.29 is 22.5 Å². The minimum Gasteiger partial charge on any atom is -0.486 e. The van der Waals surface area contributed by atoms with Crippen LogP contribution in [0.1, 0.15) is 0 Å². The third-order valence-corrected chi connectivity index (χ3v) is 4.50. The van der Waals surface area contributed by atoms with Crippen LogP contribution in [0.25, 0.3) is 0 Å². The summed E-state index contributed by atoms with van der Waals surface area (Å²) in [4.78, 5) is 9.92. The van der Waals surface area contributed by atoms with Gasteiger partial charge in [-0.1, -0.05) is 0 Å². The summed E-state index contributed by atoms with van der Waals surface area (Å²) in [5.74, 6) is -0.354. The molecule has 2 atom stereocenters. The molecule has 8 nitrogen and oxygen atoms in total. The predicted octanol–water partition coefficient (Wildman–Crippen LogP) is 0.426. The summed E-state index contributed by atoms with van der Waals surface area (Å²) in [6.45, 7) is 0.721. The Morgan fingerprint density at radius 2 is 2.09 bits per heavy atom. The van der Waals surface area contributed by atoms with Crippen molar-refractivity contribution in [2.24, 2.45) is 17.0 Å². The van der Waals surface area contributed by atoms with Crippen molar-refractivity contribution in [1.29, 1.82) is 0 Å². The lowest BCUT2D eigenvalue weighted by molar-refractivity contribution is -0.386. The van der Waals surface area contributed by atoms with Crippen molar-refractivity contribution in [3.63, 3.8) is 0 Å². The lowest BCUT2D eigenvalue weighted by Crippen LogP contribution is -2.22. The van der Waals surface area contributed by atoms with E-state index in [9.17, 15) is 22.9 Å². The van der Waals surface area contributed by atoms with Gasteiger partial charge in [-0.15, -0.1) is 0 Å². The third-order valence-electron chi connectivity index (χ3n) is 3.59. The van der Waals surface area contributed by atoms with Crippen molar-refractivity contribution in [3.05, 3.63) is 28.3 Å². The van der Waals surface area contributed by atoms with E-state index in [-0.39, 0.29) is 29.1 Å². The standard InChI is InChI=1S/C12H16FN3O5S/c13-4-8-5-15-6-9(8)7-21-12-2-1-10(22(14,19)20)3-11(12)16(17)18/h1-3,8-9,15H,4-7H2,(H2,14,19,20)/t8-,9+/m1/s1. The number of primary sulfonamides is 1. The first-order chi connectivity index (χ1) is 10.3. The van der Waals surface area contributed by atoms with Gasteiger partial charge in [0.05, 0.1) is 23.1 Å². The highest BCUT2D eigenvalue weighted by Crippen LogP contribution is 2.30. The summed E-state index contributed by atoms with van der Waals surface area (Å²) in [7, 11) is -4.04. The molecule has 10 heteroatoms. The van der Waals surface area contributed by atoms with Crippen molar-refractivity contribution in [2.45, 2.75) is 4.90 Å². The Kier molecular flexibility index (Phi) is 4.94. The maximum absolute atomic E-state index is 12.8. The number of sulfonamides is 1. The second-order valence-electron chi connectivity index (χ2n) is 5.08. The fraction of sp³-hybridized carbons (Fsp3) is 0.500. The smallest absolute Gasteiger partial charge is 0.312 e. The third kappa shape index (κ3) is 3.70. The van der Waals surface area contributed by atoms with Gasteiger partial charge < -0.3 is 10.1 Å². The first-order valence-corrected chi connectivity index (χ1v) is 8.08. The van der Waals surface area contributed by atoms with E-state index in [1.807, 2.05) is 0 Å². The minimum atomic E-state index is -4.04. The topological polar surface area (TPSA) is 125 Å². The van der Waals surface area contributed by atoms with E-state index < -0.39 is 27.3 Å². The first kappa shape index (κ1) is 16.6. The Balaban J connectivity index is 2.18. The lowest BCUT2D eigenvalue weighted by Gasteiger charge is -2.16. The van der Waals surface area contributed by atoms with Crippen LogP contribution >= 0.6 is 0 Å². The van der Waals surface area contributed by atoms with Crippen LogP contribution in [0.3, 0.4) is 0 Å². The molecule has 0 spiro atoms. The molecule has 22 heavy (non-hydrogen) atoms. The molecule has 1 saturated heterocycles. The molecule has 3 N–H and O–H groups in total. The molecule has 1 aromatic rings. The van der Waals surface area contributed by atoms with Crippen LogP contribution in [0.2, 0.25) is 0 Å². The number of nitro groups is 1. The summed E-state index contributed by atoms with van der Waals surface area (Å²) in [5.41, 5.74) is -0.491. The van der Waals surface area contributed by atoms with E-state index in [2.05, 4.69) is 5.32 Å². The number of benzene rings is 1. The Hall–Kier alpha value is -1.78. The van der Waals surface area contributed by atoms with E-state index in [0.29, 0.717) is 13.1 Å². The van der Waals surface area contributed by atoms with Crippen molar-refractivity contribution >= 4 is 15.7 Å². The molecular formula is C12H16FN3O5S. The molecule has 1 aliphatic heterocycles. The van der Waals surface area contributed by atoms with Crippen molar-refractivity contribution in [1.82, 2.24) is 5.32 Å². The van der Waals surface area contributed by atoms with Gasteiger partial charge in [0.2, 0.25) is 10.0 Å². The molecule has 0 unspecified atom stereocenters. The van der Waals surface area contributed by atoms with E-state index in [4.69, 9.17) is 9.88 Å². The Bertz CT molecular complexity index is 667. The molecule has 0 aliphatic carbocycles. The average molecular weight is 333 g/mol. The highest BCUT2D eigenvalue weighted by molar-refractivity contribution is 7.89. The molecule has 1 fully saturated rings. The number of nitrogens with two attached hydrogens (primary N) is 1. The summed E-state index contributed by atoms with van der Waals surface area (Å²) >= 11 is 0. The van der Waals surface area contributed by atoms with Gasteiger partial charge in [-0.05, 0) is 12.1 Å². The lowest BCUT2D eigenvalue weighted by atomic mass is 9.98. The number of nitro benzene ring substituents is 1. The Labute approximate surface area is 126 Å². The number of hydrogen-bond donors (Lipinski definition) is 2. The number of hydrogen-bond acceptors (Lipinski definition) is 6. The number of nitrogens with one attached hydrogen (secondary N) is 1. The molecular weight excluding hydrogens is 317 g/mol. The van der Waals surface area contributed by atoms with Crippen LogP contribution in [-0.2, 0) is 10.0 Å². The minimum absolute atomic E-state index is 0.0677. The van der Waals surface area contributed by atoms with Gasteiger partial charge in [-0.2, -0.15) is 0 Å². The second kappa shape index (κ2) is 6.55. The first-order valence-electron chi connectivity index (χ1n) is 6.53. The zero-order valence-electron chi connectivity index (χ0n) is 11.6. The molecule has 0 radical (unpaired) electrons.